The Labute approximate surface area is 124 Å². The fourth-order valence-corrected chi connectivity index (χ4v) is 0.364. The smallest absolute Gasteiger partial charge is 0.219 e. The summed E-state index contributed by atoms with van der Waals surface area (Å²) in [5.74, 6) is -0.116. The van der Waals surface area contributed by atoms with Gasteiger partial charge in [-0.1, -0.05) is 13.8 Å². The molecule has 2 N–H and O–H groups in total. The molecule has 0 bridgehead atoms. The number of carbonyl (C=O) groups excluding carboxylic acids is 3. The van der Waals surface area contributed by atoms with Crippen molar-refractivity contribution in [1.29, 1.82) is 0 Å². The van der Waals surface area contributed by atoms with Gasteiger partial charge in [-0.2, -0.15) is 0 Å². The Morgan fingerprint density at radius 3 is 1.05 bits per heavy atom. The monoisotopic (exact) mass is 291 g/mol. The van der Waals surface area contributed by atoms with Crippen LogP contribution in [0.5, 0.6) is 0 Å². The number of hydrogen-bond donors (Lipinski definition) is 1. The zero-order valence-corrected chi connectivity index (χ0v) is 14.8. The van der Waals surface area contributed by atoms with E-state index in [-0.39, 0.29) is 17.7 Å². The summed E-state index contributed by atoms with van der Waals surface area (Å²) in [6.07, 6.45) is 0. The van der Waals surface area contributed by atoms with Gasteiger partial charge >= 0.3 is 0 Å². The molecule has 0 aromatic carbocycles. The van der Waals surface area contributed by atoms with Gasteiger partial charge in [-0.3, -0.25) is 14.4 Å². The lowest BCUT2D eigenvalue weighted by molar-refractivity contribution is -0.129. The molecule has 6 nitrogen and oxygen atoms in total. The Bertz CT molecular complexity index is 260. The van der Waals surface area contributed by atoms with Crippen LogP contribution in [0.3, 0.4) is 0 Å². The second kappa shape index (κ2) is 17.4. The third-order valence-corrected chi connectivity index (χ3v) is 1.90. The van der Waals surface area contributed by atoms with Crippen LogP contribution in [0, 0.1) is 0 Å². The molecule has 0 aliphatic heterocycles. The maximum absolute atomic E-state index is 10.5. The Morgan fingerprint density at radius 1 is 0.850 bits per heavy atom. The molecule has 0 saturated heterocycles. The fourth-order valence-electron chi connectivity index (χ4n) is 0.364. The maximum atomic E-state index is 10.5. The first-order chi connectivity index (χ1) is 8.93. The molecule has 0 aliphatic rings. The zero-order valence-electron chi connectivity index (χ0n) is 14.8. The van der Waals surface area contributed by atoms with Gasteiger partial charge < -0.3 is 15.5 Å². The van der Waals surface area contributed by atoms with Crippen LogP contribution in [-0.4, -0.2) is 54.7 Å². The molecule has 0 atom stereocenters. The van der Waals surface area contributed by atoms with Crippen LogP contribution >= 0.6 is 0 Å². The molecule has 0 aromatic heterocycles. The topological polar surface area (TPSA) is 83.7 Å². The average molecular weight is 291 g/mol. The minimum absolute atomic E-state index is 0.0926. The van der Waals surface area contributed by atoms with E-state index in [0.717, 1.165) is 0 Å². The molecule has 0 radical (unpaired) electrons. The van der Waals surface area contributed by atoms with Gasteiger partial charge in [-0.15, -0.1) is 0 Å². The molecule has 0 saturated carbocycles. The summed E-state index contributed by atoms with van der Waals surface area (Å²) in [5.41, 5.74) is 4.47. The Balaban J connectivity index is -0.0000000947. The molecule has 122 valence electrons. The molecule has 0 unspecified atom stereocenters. The highest BCUT2D eigenvalue weighted by molar-refractivity contribution is 5.73. The van der Waals surface area contributed by atoms with E-state index >= 15 is 0 Å². The van der Waals surface area contributed by atoms with Crippen molar-refractivity contribution in [3.63, 3.8) is 0 Å². The van der Waals surface area contributed by atoms with Gasteiger partial charge in [0.05, 0.1) is 0 Å². The summed E-state index contributed by atoms with van der Waals surface area (Å²) in [7, 11) is 5.25. The third kappa shape index (κ3) is 36.0. The van der Waals surface area contributed by atoms with Crippen molar-refractivity contribution in [2.24, 2.45) is 5.73 Å². The molecule has 0 spiro atoms. The summed E-state index contributed by atoms with van der Waals surface area (Å²) >= 11 is 0. The predicted molar refractivity (Wildman–Crippen MR) is 84.2 cm³/mol. The van der Waals surface area contributed by atoms with Crippen LogP contribution in [0.25, 0.3) is 0 Å². The molecule has 0 aromatic rings. The van der Waals surface area contributed by atoms with E-state index in [1.165, 1.54) is 18.7 Å². The minimum atomic E-state index is -0.333. The van der Waals surface area contributed by atoms with Crippen LogP contribution in [0.1, 0.15) is 48.5 Å². The summed E-state index contributed by atoms with van der Waals surface area (Å²) in [4.78, 5) is 33.0. The summed E-state index contributed by atoms with van der Waals surface area (Å²) < 4.78 is 0. The van der Waals surface area contributed by atoms with Gasteiger partial charge in [-0.25, -0.2) is 0 Å². The van der Waals surface area contributed by atoms with Crippen molar-refractivity contribution in [2.75, 3.05) is 21.1 Å². The van der Waals surface area contributed by atoms with Crippen molar-refractivity contribution in [3.8, 4) is 0 Å². The third-order valence-electron chi connectivity index (χ3n) is 1.90. The van der Waals surface area contributed by atoms with Gasteiger partial charge in [0.1, 0.15) is 0 Å². The molecule has 20 heavy (non-hydrogen) atoms. The highest BCUT2D eigenvalue weighted by Crippen LogP contribution is 1.91. The second-order valence-corrected chi connectivity index (χ2v) is 4.25. The minimum Gasteiger partial charge on any atom is -0.370 e. The Morgan fingerprint density at radius 2 is 1.05 bits per heavy atom. The molecule has 3 amide bonds. The Kier molecular flexibility index (Phi) is 23.4. The molecule has 0 heterocycles. The van der Waals surface area contributed by atoms with Gasteiger partial charge in [-0.05, 0) is 13.8 Å². The second-order valence-electron chi connectivity index (χ2n) is 4.25. The van der Waals surface area contributed by atoms with Crippen molar-refractivity contribution in [2.45, 2.75) is 54.5 Å². The van der Waals surface area contributed by atoms with Gasteiger partial charge in [0.2, 0.25) is 17.7 Å². The first kappa shape index (κ1) is 26.9. The number of rotatable bonds is 1. The Hall–Kier alpha value is -1.59. The number of nitrogens with two attached hydrogens (primary N) is 1. The van der Waals surface area contributed by atoms with E-state index in [2.05, 4.69) is 5.73 Å². The summed E-state index contributed by atoms with van der Waals surface area (Å²) in [5, 5.41) is 0. The number of hydrogen-bond acceptors (Lipinski definition) is 3. The van der Waals surface area contributed by atoms with Gasteiger partial charge in [0, 0.05) is 48.0 Å². The van der Waals surface area contributed by atoms with Crippen LogP contribution in [-0.2, 0) is 14.4 Å². The normalized spacial score (nSPS) is 7.75. The molecule has 6 heteroatoms. The van der Waals surface area contributed by atoms with Crippen LogP contribution in [0.2, 0.25) is 0 Å². The molecule has 0 aliphatic carbocycles. The van der Waals surface area contributed by atoms with E-state index < -0.39 is 0 Å². The first-order valence-corrected chi connectivity index (χ1v) is 6.60. The molecular weight excluding hydrogens is 258 g/mol. The van der Waals surface area contributed by atoms with Crippen molar-refractivity contribution in [1.82, 2.24) is 9.80 Å². The standard InChI is InChI=1S/C6H13NO.C4H9NO.C2H5NO.C2H6/c1-5(2)7(4)6(3)8;1-4(6)5(2)3;1-2(3)4;1-2/h5H,1-4H3;1-3H3;1H3,(H2,3,4);1-2H3. The number of nitrogens with zero attached hydrogens (tertiary/aromatic N) is 2. The summed E-state index contributed by atoms with van der Waals surface area (Å²) in [6.45, 7) is 12.4. The van der Waals surface area contributed by atoms with E-state index in [1.807, 2.05) is 27.7 Å². The SMILES string of the molecule is CC.CC(=O)N(C)C.CC(=O)N(C)C(C)C.CC(N)=O. The number of primary amides is 1. The predicted octanol–water partition coefficient (Wildman–Crippen LogP) is 1.49. The van der Waals surface area contributed by atoms with Crippen molar-refractivity contribution in [3.05, 3.63) is 0 Å². The van der Waals surface area contributed by atoms with Crippen molar-refractivity contribution < 1.29 is 14.4 Å². The first-order valence-electron chi connectivity index (χ1n) is 6.60. The zero-order chi connectivity index (χ0) is 17.5. The van der Waals surface area contributed by atoms with E-state index in [1.54, 1.807) is 33.0 Å². The van der Waals surface area contributed by atoms with E-state index in [9.17, 15) is 14.4 Å². The van der Waals surface area contributed by atoms with Gasteiger partial charge in [0.25, 0.3) is 0 Å². The maximum Gasteiger partial charge on any atom is 0.219 e. The largest absolute Gasteiger partial charge is 0.370 e. The lowest BCUT2D eigenvalue weighted by atomic mass is 10.3. The molecular formula is C14H33N3O3. The van der Waals surface area contributed by atoms with E-state index in [0.29, 0.717) is 6.04 Å². The highest BCUT2D eigenvalue weighted by Gasteiger charge is 2.03. The number of amides is 3. The fraction of sp³-hybridized carbons (Fsp3) is 0.786. The van der Waals surface area contributed by atoms with Gasteiger partial charge in [0.15, 0.2) is 0 Å². The van der Waals surface area contributed by atoms with E-state index in [4.69, 9.17) is 0 Å². The number of carbonyl (C=O) groups is 3. The molecule has 0 rings (SSSR count). The molecule has 0 fully saturated rings. The van der Waals surface area contributed by atoms with Crippen LogP contribution in [0.15, 0.2) is 0 Å². The van der Waals surface area contributed by atoms with Crippen LogP contribution < -0.4 is 5.73 Å². The highest BCUT2D eigenvalue weighted by atomic mass is 16.2. The summed E-state index contributed by atoms with van der Waals surface area (Å²) in [6, 6.07) is 0.326. The average Bonchev–Trinajstić information content (AvgIpc) is 2.30. The van der Waals surface area contributed by atoms with Crippen LogP contribution in [0.4, 0.5) is 0 Å². The lowest BCUT2D eigenvalue weighted by Gasteiger charge is -2.18. The van der Waals surface area contributed by atoms with Crippen molar-refractivity contribution >= 4 is 17.7 Å². The quantitative estimate of drug-likeness (QED) is 0.794. The lowest BCUT2D eigenvalue weighted by Crippen LogP contribution is -2.30.